The first-order chi connectivity index (χ1) is 9.75. The largest absolute Gasteiger partial charge is 0.497 e. The van der Waals surface area contributed by atoms with Gasteiger partial charge in [0, 0.05) is 19.7 Å². The maximum atomic E-state index is 12.8. The maximum Gasteiger partial charge on any atom is 0.243 e. The highest BCUT2D eigenvalue weighted by Crippen LogP contribution is 2.26. The molecule has 1 unspecified atom stereocenters. The van der Waals surface area contributed by atoms with E-state index in [1.165, 1.54) is 11.4 Å². The minimum absolute atomic E-state index is 0.112. The second-order valence-electron chi connectivity index (χ2n) is 5.45. The normalized spacial score (nSPS) is 13.7. The Morgan fingerprint density at radius 3 is 2.38 bits per heavy atom. The molecule has 0 aliphatic carbocycles. The van der Waals surface area contributed by atoms with E-state index < -0.39 is 10.0 Å². The zero-order valence-electron chi connectivity index (χ0n) is 13.3. The number of benzene rings is 1. The highest BCUT2D eigenvalue weighted by Gasteiger charge is 2.29. The van der Waals surface area contributed by atoms with E-state index in [0.29, 0.717) is 11.3 Å². The summed E-state index contributed by atoms with van der Waals surface area (Å²) in [6.07, 6.45) is 0.273. The van der Waals surface area contributed by atoms with Gasteiger partial charge < -0.3 is 9.84 Å². The molecule has 6 heteroatoms. The van der Waals surface area contributed by atoms with Crippen LogP contribution in [0.3, 0.4) is 0 Å². The number of hydrogen-bond donors (Lipinski definition) is 1. The molecule has 0 saturated heterocycles. The van der Waals surface area contributed by atoms with Gasteiger partial charge in [-0.05, 0) is 43.0 Å². The highest BCUT2D eigenvalue weighted by molar-refractivity contribution is 7.89. The molecule has 0 spiro atoms. The highest BCUT2D eigenvalue weighted by atomic mass is 32.2. The van der Waals surface area contributed by atoms with Gasteiger partial charge in [0.05, 0.1) is 12.0 Å². The summed E-state index contributed by atoms with van der Waals surface area (Å²) in [4.78, 5) is 0.229. The molecule has 5 nitrogen and oxygen atoms in total. The quantitative estimate of drug-likeness (QED) is 0.834. The molecule has 21 heavy (non-hydrogen) atoms. The molecule has 120 valence electrons. The standard InChI is InChI=1S/C15H25NO4S/c1-11(2)12(3)16(4)21(18,19)15-7-6-14(20-5)10-13(15)8-9-17/h6-7,10-12,17H,8-9H2,1-5H3. The number of methoxy groups -OCH3 is 1. The summed E-state index contributed by atoms with van der Waals surface area (Å²) in [7, 11) is -0.477. The van der Waals surface area contributed by atoms with Crippen LogP contribution < -0.4 is 4.74 Å². The van der Waals surface area contributed by atoms with E-state index >= 15 is 0 Å². The van der Waals surface area contributed by atoms with Gasteiger partial charge in [0.2, 0.25) is 10.0 Å². The van der Waals surface area contributed by atoms with Crippen molar-refractivity contribution in [3.63, 3.8) is 0 Å². The average Bonchev–Trinajstić information content (AvgIpc) is 2.45. The molecule has 0 amide bonds. The Bertz CT molecular complexity index is 569. The van der Waals surface area contributed by atoms with E-state index in [2.05, 4.69) is 0 Å². The monoisotopic (exact) mass is 315 g/mol. The molecule has 0 saturated carbocycles. The molecule has 0 fully saturated rings. The van der Waals surface area contributed by atoms with Crippen LogP contribution in [0.2, 0.25) is 0 Å². The number of aliphatic hydroxyl groups excluding tert-OH is 1. The molecule has 1 rings (SSSR count). The van der Waals surface area contributed by atoms with Crippen LogP contribution in [-0.4, -0.2) is 44.6 Å². The van der Waals surface area contributed by atoms with E-state index in [-0.39, 0.29) is 29.9 Å². The van der Waals surface area contributed by atoms with Crippen molar-refractivity contribution in [3.8, 4) is 5.75 Å². The lowest BCUT2D eigenvalue weighted by atomic mass is 10.1. The third kappa shape index (κ3) is 3.96. The summed E-state index contributed by atoms with van der Waals surface area (Å²) in [6, 6.07) is 4.72. The number of ether oxygens (including phenoxy) is 1. The van der Waals surface area contributed by atoms with Gasteiger partial charge >= 0.3 is 0 Å². The van der Waals surface area contributed by atoms with E-state index in [9.17, 15) is 8.42 Å². The molecule has 0 aliphatic rings. The first-order valence-electron chi connectivity index (χ1n) is 7.01. The fraction of sp³-hybridized carbons (Fsp3) is 0.600. The molecule has 1 aromatic carbocycles. The van der Waals surface area contributed by atoms with Gasteiger partial charge in [-0.1, -0.05) is 13.8 Å². The summed E-state index contributed by atoms with van der Waals surface area (Å²) in [5, 5.41) is 9.16. The maximum absolute atomic E-state index is 12.8. The predicted molar refractivity (Wildman–Crippen MR) is 83.0 cm³/mol. The van der Waals surface area contributed by atoms with Crippen molar-refractivity contribution in [2.75, 3.05) is 20.8 Å². The number of hydrogen-bond acceptors (Lipinski definition) is 4. The molecule has 0 aromatic heterocycles. The van der Waals surface area contributed by atoms with E-state index in [1.54, 1.807) is 25.2 Å². The van der Waals surface area contributed by atoms with Gasteiger partial charge in [0.15, 0.2) is 0 Å². The summed E-state index contributed by atoms with van der Waals surface area (Å²) < 4.78 is 32.1. The van der Waals surface area contributed by atoms with Gasteiger partial charge in [-0.25, -0.2) is 8.42 Å². The van der Waals surface area contributed by atoms with Gasteiger partial charge in [-0.2, -0.15) is 4.31 Å². The van der Waals surface area contributed by atoms with Crippen LogP contribution in [0.5, 0.6) is 5.75 Å². The zero-order valence-corrected chi connectivity index (χ0v) is 14.1. The molecular formula is C15H25NO4S. The first-order valence-corrected chi connectivity index (χ1v) is 8.45. The summed E-state index contributed by atoms with van der Waals surface area (Å²) in [6.45, 7) is 5.75. The molecule has 0 aliphatic heterocycles. The Morgan fingerprint density at radius 2 is 1.90 bits per heavy atom. The third-order valence-corrected chi connectivity index (χ3v) is 5.89. The van der Waals surface area contributed by atoms with Crippen LogP contribution in [0.15, 0.2) is 23.1 Å². The SMILES string of the molecule is COc1ccc(S(=O)(=O)N(C)C(C)C(C)C)c(CCO)c1. The number of aliphatic hydroxyl groups is 1. The van der Waals surface area contributed by atoms with Gasteiger partial charge in [0.1, 0.15) is 5.75 Å². The summed E-state index contributed by atoms with van der Waals surface area (Å²) in [5.74, 6) is 0.793. The van der Waals surface area contributed by atoms with Crippen LogP contribution in [0, 0.1) is 5.92 Å². The molecule has 0 heterocycles. The van der Waals surface area contributed by atoms with Crippen molar-refractivity contribution < 1.29 is 18.3 Å². The van der Waals surface area contributed by atoms with Crippen molar-refractivity contribution >= 4 is 10.0 Å². The Hall–Kier alpha value is -1.11. The van der Waals surface area contributed by atoms with Gasteiger partial charge in [-0.15, -0.1) is 0 Å². The lowest BCUT2D eigenvalue weighted by Crippen LogP contribution is -2.38. The van der Waals surface area contributed by atoms with Crippen molar-refractivity contribution in [2.45, 2.75) is 38.1 Å². The second kappa shape index (κ2) is 7.24. The fourth-order valence-corrected chi connectivity index (χ4v) is 3.77. The summed E-state index contributed by atoms with van der Waals surface area (Å²) >= 11 is 0. The van der Waals surface area contributed by atoms with E-state index in [0.717, 1.165) is 0 Å². The first kappa shape index (κ1) is 17.9. The molecule has 1 atom stereocenters. The van der Waals surface area contributed by atoms with Crippen molar-refractivity contribution in [2.24, 2.45) is 5.92 Å². The predicted octanol–water partition coefficient (Wildman–Crippen LogP) is 1.89. The van der Waals surface area contributed by atoms with Crippen molar-refractivity contribution in [1.29, 1.82) is 0 Å². The Labute approximate surface area is 127 Å². The minimum Gasteiger partial charge on any atom is -0.497 e. The number of nitrogens with zero attached hydrogens (tertiary/aromatic N) is 1. The van der Waals surface area contributed by atoms with Gasteiger partial charge in [-0.3, -0.25) is 0 Å². The van der Waals surface area contributed by atoms with E-state index in [4.69, 9.17) is 9.84 Å². The Balaban J connectivity index is 3.30. The average molecular weight is 315 g/mol. The topological polar surface area (TPSA) is 66.8 Å². The smallest absolute Gasteiger partial charge is 0.243 e. The second-order valence-corrected chi connectivity index (χ2v) is 7.42. The molecule has 1 N–H and O–H groups in total. The van der Waals surface area contributed by atoms with Crippen LogP contribution in [-0.2, 0) is 16.4 Å². The van der Waals surface area contributed by atoms with Crippen LogP contribution in [0.1, 0.15) is 26.3 Å². The van der Waals surface area contributed by atoms with E-state index in [1.807, 2.05) is 20.8 Å². The summed E-state index contributed by atoms with van der Waals surface area (Å²) in [5.41, 5.74) is 0.569. The van der Waals surface area contributed by atoms with Crippen molar-refractivity contribution in [1.82, 2.24) is 4.31 Å². The minimum atomic E-state index is -3.59. The molecular weight excluding hydrogens is 290 g/mol. The molecule has 0 radical (unpaired) electrons. The van der Waals surface area contributed by atoms with Crippen LogP contribution in [0.25, 0.3) is 0 Å². The van der Waals surface area contributed by atoms with Gasteiger partial charge in [0.25, 0.3) is 0 Å². The van der Waals surface area contributed by atoms with Crippen LogP contribution >= 0.6 is 0 Å². The van der Waals surface area contributed by atoms with Crippen molar-refractivity contribution in [3.05, 3.63) is 23.8 Å². The molecule has 0 bridgehead atoms. The number of sulfonamides is 1. The zero-order chi connectivity index (χ0) is 16.2. The Morgan fingerprint density at radius 1 is 1.29 bits per heavy atom. The lowest BCUT2D eigenvalue weighted by Gasteiger charge is -2.28. The number of rotatable bonds is 7. The third-order valence-electron chi connectivity index (χ3n) is 3.84. The molecule has 1 aromatic rings. The Kier molecular flexibility index (Phi) is 6.19. The van der Waals surface area contributed by atoms with Crippen LogP contribution in [0.4, 0.5) is 0 Å². The fourth-order valence-electron chi connectivity index (χ4n) is 2.04. The lowest BCUT2D eigenvalue weighted by molar-refractivity contribution is 0.297.